The maximum Gasteiger partial charge on any atom is 0.406 e. The molecule has 0 aliphatic rings. The fourth-order valence-electron chi connectivity index (χ4n) is 1.74. The summed E-state index contributed by atoms with van der Waals surface area (Å²) in [7, 11) is 1.94. The highest BCUT2D eigenvalue weighted by Gasteiger charge is 2.29. The van der Waals surface area contributed by atoms with E-state index < -0.39 is 12.7 Å². The number of aromatic nitrogens is 3. The number of nitrogens with zero attached hydrogens (tertiary/aromatic N) is 4. The first kappa shape index (κ1) is 15.7. The molecular weight excluding hydrogens is 301 g/mol. The van der Waals surface area contributed by atoms with Gasteiger partial charge in [0, 0.05) is 25.0 Å². The third-order valence-electron chi connectivity index (χ3n) is 2.78. The van der Waals surface area contributed by atoms with Gasteiger partial charge in [0.25, 0.3) is 0 Å². The highest BCUT2D eigenvalue weighted by molar-refractivity contribution is 7.99. The first-order chi connectivity index (χ1) is 9.96. The molecular formula is C13H15F3N4S. The lowest BCUT2D eigenvalue weighted by Crippen LogP contribution is -2.21. The second-order valence-electron chi connectivity index (χ2n) is 4.46. The topological polar surface area (TPSA) is 34.0 Å². The molecule has 0 saturated carbocycles. The van der Waals surface area contributed by atoms with Crippen molar-refractivity contribution in [1.29, 1.82) is 0 Å². The lowest BCUT2D eigenvalue weighted by Gasteiger charge is -2.18. The third-order valence-corrected chi connectivity index (χ3v) is 3.75. The van der Waals surface area contributed by atoms with E-state index >= 15 is 0 Å². The number of hydrogen-bond acceptors (Lipinski definition) is 4. The molecule has 0 saturated heterocycles. The van der Waals surface area contributed by atoms with Gasteiger partial charge in [-0.25, -0.2) is 0 Å². The van der Waals surface area contributed by atoms with Crippen LogP contribution >= 0.6 is 11.8 Å². The van der Waals surface area contributed by atoms with E-state index in [2.05, 4.69) is 10.2 Å². The quantitative estimate of drug-likeness (QED) is 0.767. The number of rotatable bonds is 6. The highest BCUT2D eigenvalue weighted by atomic mass is 32.2. The van der Waals surface area contributed by atoms with Gasteiger partial charge in [0.15, 0.2) is 5.16 Å². The minimum atomic E-state index is -4.27. The molecule has 0 unspecified atom stereocenters. The van der Waals surface area contributed by atoms with Crippen molar-refractivity contribution >= 4 is 17.4 Å². The normalized spacial score (nSPS) is 11.6. The standard InChI is InChI=1S/C13H15F3N4S/c1-19(11-5-3-2-4-6-11)7-8-21-12-18-17-10-20(12)9-13(14,15)16/h2-6,10H,7-9H2,1H3. The molecule has 21 heavy (non-hydrogen) atoms. The summed E-state index contributed by atoms with van der Waals surface area (Å²) in [6.07, 6.45) is -3.16. The average molecular weight is 316 g/mol. The van der Waals surface area contributed by atoms with Gasteiger partial charge in [-0.2, -0.15) is 13.2 Å². The molecule has 0 atom stereocenters. The number of para-hydroxylation sites is 1. The average Bonchev–Trinajstić information content (AvgIpc) is 2.85. The molecule has 2 aromatic rings. The molecule has 0 bridgehead atoms. The molecule has 0 aliphatic heterocycles. The first-order valence-electron chi connectivity index (χ1n) is 6.29. The largest absolute Gasteiger partial charge is 0.406 e. The summed E-state index contributed by atoms with van der Waals surface area (Å²) in [5.41, 5.74) is 1.06. The molecule has 1 aromatic carbocycles. The van der Waals surface area contributed by atoms with Crippen LogP contribution in [-0.2, 0) is 6.54 Å². The van der Waals surface area contributed by atoms with E-state index in [1.807, 2.05) is 42.3 Å². The Kier molecular flexibility index (Phi) is 5.11. The van der Waals surface area contributed by atoms with Gasteiger partial charge in [-0.1, -0.05) is 30.0 Å². The summed E-state index contributed by atoms with van der Waals surface area (Å²) in [5.74, 6) is 0.627. The maximum absolute atomic E-state index is 12.4. The fraction of sp³-hybridized carbons (Fsp3) is 0.385. The van der Waals surface area contributed by atoms with Crippen molar-refractivity contribution in [1.82, 2.24) is 14.8 Å². The van der Waals surface area contributed by atoms with E-state index in [0.29, 0.717) is 12.3 Å². The predicted octanol–water partition coefficient (Wildman–Crippen LogP) is 3.07. The van der Waals surface area contributed by atoms with Gasteiger partial charge in [0.1, 0.15) is 12.9 Å². The Labute approximate surface area is 125 Å². The third kappa shape index (κ3) is 4.96. The van der Waals surface area contributed by atoms with Gasteiger partial charge in [0.05, 0.1) is 0 Å². The van der Waals surface area contributed by atoms with Gasteiger partial charge in [-0.3, -0.25) is 4.57 Å². The lowest BCUT2D eigenvalue weighted by atomic mass is 10.3. The van der Waals surface area contributed by atoms with Crippen LogP contribution in [0.1, 0.15) is 0 Å². The molecule has 0 fully saturated rings. The summed E-state index contributed by atoms with van der Waals surface area (Å²) < 4.78 is 38.2. The second-order valence-corrected chi connectivity index (χ2v) is 5.52. The number of alkyl halides is 3. The van der Waals surface area contributed by atoms with Crippen molar-refractivity contribution < 1.29 is 13.2 Å². The van der Waals surface area contributed by atoms with E-state index in [-0.39, 0.29) is 5.16 Å². The van der Waals surface area contributed by atoms with Crippen molar-refractivity contribution in [2.75, 3.05) is 24.2 Å². The SMILES string of the molecule is CN(CCSc1nncn1CC(F)(F)F)c1ccccc1. The van der Waals surface area contributed by atoms with Crippen molar-refractivity contribution in [3.63, 3.8) is 0 Å². The van der Waals surface area contributed by atoms with Crippen molar-refractivity contribution in [2.24, 2.45) is 0 Å². The summed E-state index contributed by atoms with van der Waals surface area (Å²) in [5, 5.41) is 7.55. The number of anilines is 1. The van der Waals surface area contributed by atoms with Gasteiger partial charge in [-0.05, 0) is 12.1 Å². The lowest BCUT2D eigenvalue weighted by molar-refractivity contribution is -0.142. The minimum Gasteiger partial charge on any atom is -0.374 e. The predicted molar refractivity (Wildman–Crippen MR) is 76.5 cm³/mol. The van der Waals surface area contributed by atoms with Crippen molar-refractivity contribution in [3.05, 3.63) is 36.7 Å². The van der Waals surface area contributed by atoms with Crippen LogP contribution in [0.3, 0.4) is 0 Å². The summed E-state index contributed by atoms with van der Waals surface area (Å²) in [6.45, 7) is -0.357. The summed E-state index contributed by atoms with van der Waals surface area (Å²) in [4.78, 5) is 2.04. The van der Waals surface area contributed by atoms with Crippen molar-refractivity contribution in [3.8, 4) is 0 Å². The molecule has 0 N–H and O–H groups in total. The summed E-state index contributed by atoms with van der Waals surface area (Å²) in [6, 6.07) is 9.79. The van der Waals surface area contributed by atoms with Crippen LogP contribution in [0.4, 0.5) is 18.9 Å². The number of hydrogen-bond donors (Lipinski definition) is 0. The number of benzene rings is 1. The molecule has 4 nitrogen and oxygen atoms in total. The van der Waals surface area contributed by atoms with E-state index in [9.17, 15) is 13.2 Å². The monoisotopic (exact) mass is 316 g/mol. The van der Waals surface area contributed by atoms with Gasteiger partial charge < -0.3 is 4.90 Å². The van der Waals surface area contributed by atoms with E-state index in [4.69, 9.17) is 0 Å². The van der Waals surface area contributed by atoms with Crippen LogP contribution < -0.4 is 4.90 Å². The zero-order valence-corrected chi connectivity index (χ0v) is 12.2. The Hall–Kier alpha value is -1.70. The molecule has 0 aliphatic carbocycles. The van der Waals surface area contributed by atoms with Crippen LogP contribution in [0.15, 0.2) is 41.8 Å². The van der Waals surface area contributed by atoms with E-state index in [1.165, 1.54) is 11.8 Å². The van der Waals surface area contributed by atoms with Gasteiger partial charge >= 0.3 is 6.18 Å². The Morgan fingerprint density at radius 2 is 1.95 bits per heavy atom. The summed E-state index contributed by atoms with van der Waals surface area (Å²) >= 11 is 1.27. The van der Waals surface area contributed by atoms with Crippen LogP contribution in [0.25, 0.3) is 0 Å². The van der Waals surface area contributed by atoms with Crippen LogP contribution in [-0.4, -0.2) is 40.3 Å². The van der Waals surface area contributed by atoms with Gasteiger partial charge in [-0.15, -0.1) is 10.2 Å². The number of thioether (sulfide) groups is 1. The molecule has 0 radical (unpaired) electrons. The van der Waals surface area contributed by atoms with Crippen LogP contribution in [0, 0.1) is 0 Å². The maximum atomic E-state index is 12.4. The smallest absolute Gasteiger partial charge is 0.374 e. The molecule has 114 valence electrons. The Bertz CT molecular complexity index is 556. The zero-order valence-electron chi connectivity index (χ0n) is 11.4. The Morgan fingerprint density at radius 1 is 1.24 bits per heavy atom. The van der Waals surface area contributed by atoms with Crippen LogP contribution in [0.5, 0.6) is 0 Å². The first-order valence-corrected chi connectivity index (χ1v) is 7.28. The fourth-order valence-corrected chi connectivity index (χ4v) is 2.67. The molecule has 0 amide bonds. The highest BCUT2D eigenvalue weighted by Crippen LogP contribution is 2.22. The van der Waals surface area contributed by atoms with E-state index in [0.717, 1.165) is 16.6 Å². The van der Waals surface area contributed by atoms with Gasteiger partial charge in [0.2, 0.25) is 0 Å². The molecule has 1 heterocycles. The van der Waals surface area contributed by atoms with E-state index in [1.54, 1.807) is 0 Å². The molecule has 1 aromatic heterocycles. The zero-order chi connectivity index (χ0) is 15.3. The number of halogens is 3. The van der Waals surface area contributed by atoms with Crippen LogP contribution in [0.2, 0.25) is 0 Å². The molecule has 8 heteroatoms. The van der Waals surface area contributed by atoms with Crippen molar-refractivity contribution in [2.45, 2.75) is 17.9 Å². The molecule has 0 spiro atoms. The minimum absolute atomic E-state index is 0.286. The molecule has 2 rings (SSSR count). The Morgan fingerprint density at radius 3 is 2.62 bits per heavy atom. The second kappa shape index (κ2) is 6.84. The Balaban J connectivity index is 1.85.